The van der Waals surface area contributed by atoms with E-state index in [0.29, 0.717) is 18.2 Å². The Morgan fingerprint density at radius 1 is 1.28 bits per heavy atom. The van der Waals surface area contributed by atoms with Crippen molar-refractivity contribution in [3.63, 3.8) is 0 Å². The van der Waals surface area contributed by atoms with Gasteiger partial charge in [-0.3, -0.25) is 4.79 Å². The molecule has 2 aliphatic heterocycles. The molecule has 2 unspecified atom stereocenters. The Kier molecular flexibility index (Phi) is 4.72. The van der Waals surface area contributed by atoms with Crippen LogP contribution >= 0.6 is 0 Å². The van der Waals surface area contributed by atoms with Gasteiger partial charge in [-0.15, -0.1) is 0 Å². The van der Waals surface area contributed by atoms with Gasteiger partial charge in [0.25, 0.3) is 5.91 Å². The van der Waals surface area contributed by atoms with Crippen LogP contribution < -0.4 is 5.32 Å². The highest BCUT2D eigenvalue weighted by atomic mass is 16.5. The monoisotopic (exact) mass is 390 g/mol. The van der Waals surface area contributed by atoms with Crippen LogP contribution in [0.2, 0.25) is 0 Å². The minimum atomic E-state index is -0.212. The highest BCUT2D eigenvalue weighted by Crippen LogP contribution is 2.38. The number of rotatable bonds is 4. The van der Waals surface area contributed by atoms with Gasteiger partial charge in [-0.05, 0) is 43.5 Å². The maximum absolute atomic E-state index is 13.1. The van der Waals surface area contributed by atoms with Crippen molar-refractivity contribution in [3.05, 3.63) is 60.4 Å². The van der Waals surface area contributed by atoms with Crippen molar-refractivity contribution in [2.45, 2.75) is 24.9 Å². The number of carbonyl (C=O) groups excluding carboxylic acids is 1. The van der Waals surface area contributed by atoms with Crippen molar-refractivity contribution in [3.8, 4) is 0 Å². The number of anilines is 1. The van der Waals surface area contributed by atoms with Crippen LogP contribution in [0.1, 0.15) is 29.8 Å². The lowest BCUT2D eigenvalue weighted by Gasteiger charge is -2.39. The first-order valence-electron chi connectivity index (χ1n) is 10.4. The van der Waals surface area contributed by atoms with E-state index in [-0.39, 0.29) is 11.5 Å². The van der Waals surface area contributed by atoms with Gasteiger partial charge >= 0.3 is 0 Å². The molecular formula is C23H26N4O2. The number of piperidine rings is 1. The van der Waals surface area contributed by atoms with Crippen molar-refractivity contribution < 1.29 is 9.53 Å². The van der Waals surface area contributed by atoms with Gasteiger partial charge in [0.1, 0.15) is 11.5 Å². The van der Waals surface area contributed by atoms with Gasteiger partial charge in [-0.2, -0.15) is 0 Å². The molecule has 1 spiro atoms. The minimum absolute atomic E-state index is 0.0685. The SMILES string of the molecule is O=C(c1cc2ccccc2[nH]1)N1CCCC2(CC(CNc3ccccn3)CO2)C1. The Balaban J connectivity index is 1.23. The van der Waals surface area contributed by atoms with E-state index in [4.69, 9.17) is 4.74 Å². The number of hydrogen-bond donors (Lipinski definition) is 2. The average Bonchev–Trinajstić information content (AvgIpc) is 3.37. The third-order valence-electron chi connectivity index (χ3n) is 6.11. The van der Waals surface area contributed by atoms with Gasteiger partial charge in [0.05, 0.1) is 18.8 Å². The van der Waals surface area contributed by atoms with Gasteiger partial charge in [-0.1, -0.05) is 24.3 Å². The summed E-state index contributed by atoms with van der Waals surface area (Å²) in [7, 11) is 0. The number of hydrogen-bond acceptors (Lipinski definition) is 4. The molecule has 2 saturated heterocycles. The zero-order chi connectivity index (χ0) is 19.7. The van der Waals surface area contributed by atoms with Crippen molar-refractivity contribution in [2.24, 2.45) is 5.92 Å². The van der Waals surface area contributed by atoms with Crippen LogP contribution in [0.4, 0.5) is 5.82 Å². The van der Waals surface area contributed by atoms with Crippen LogP contribution in [-0.2, 0) is 4.74 Å². The summed E-state index contributed by atoms with van der Waals surface area (Å²) in [4.78, 5) is 22.7. The number of H-pyrrole nitrogens is 1. The van der Waals surface area contributed by atoms with E-state index in [1.54, 1.807) is 6.20 Å². The summed E-state index contributed by atoms with van der Waals surface area (Å²) in [6.07, 6.45) is 4.77. The Labute approximate surface area is 170 Å². The maximum Gasteiger partial charge on any atom is 0.270 e. The van der Waals surface area contributed by atoms with Crippen molar-refractivity contribution in [1.82, 2.24) is 14.9 Å². The molecule has 2 fully saturated rings. The number of aromatic amines is 1. The number of aromatic nitrogens is 2. The summed E-state index contributed by atoms with van der Waals surface area (Å²) in [5.41, 5.74) is 1.45. The fourth-order valence-corrected chi connectivity index (χ4v) is 4.70. The Bertz CT molecular complexity index is 969. The maximum atomic E-state index is 13.1. The number of fused-ring (bicyclic) bond motifs is 1. The first kappa shape index (κ1) is 18.2. The molecule has 2 N–H and O–H groups in total. The number of para-hydroxylation sites is 1. The predicted molar refractivity (Wildman–Crippen MR) is 113 cm³/mol. The van der Waals surface area contributed by atoms with Crippen molar-refractivity contribution in [1.29, 1.82) is 0 Å². The molecule has 2 aromatic heterocycles. The molecule has 2 atom stereocenters. The van der Waals surface area contributed by atoms with Gasteiger partial charge < -0.3 is 19.9 Å². The van der Waals surface area contributed by atoms with Crippen LogP contribution in [0.15, 0.2) is 54.7 Å². The molecule has 5 rings (SSSR count). The number of nitrogens with one attached hydrogen (secondary N) is 2. The molecule has 1 aromatic carbocycles. The van der Waals surface area contributed by atoms with Gasteiger partial charge in [-0.25, -0.2) is 4.98 Å². The van der Waals surface area contributed by atoms with E-state index < -0.39 is 0 Å². The number of ether oxygens (including phenoxy) is 1. The fraction of sp³-hybridized carbons (Fsp3) is 0.391. The fourth-order valence-electron chi connectivity index (χ4n) is 4.70. The van der Waals surface area contributed by atoms with Crippen molar-refractivity contribution in [2.75, 3.05) is 31.6 Å². The molecule has 1 amide bonds. The second-order valence-electron chi connectivity index (χ2n) is 8.26. The molecule has 6 nitrogen and oxygen atoms in total. The third-order valence-corrected chi connectivity index (χ3v) is 6.11. The summed E-state index contributed by atoms with van der Waals surface area (Å²) in [5.74, 6) is 1.40. The van der Waals surface area contributed by atoms with E-state index in [1.165, 1.54) is 0 Å². The average molecular weight is 390 g/mol. The highest BCUT2D eigenvalue weighted by Gasteiger charge is 2.44. The topological polar surface area (TPSA) is 70.2 Å². The zero-order valence-corrected chi connectivity index (χ0v) is 16.4. The molecule has 2 aliphatic rings. The van der Waals surface area contributed by atoms with E-state index in [1.807, 2.05) is 53.4 Å². The van der Waals surface area contributed by atoms with Crippen LogP contribution in [0.25, 0.3) is 10.9 Å². The number of nitrogens with zero attached hydrogens (tertiary/aromatic N) is 2. The number of carbonyl (C=O) groups is 1. The van der Waals surface area contributed by atoms with Crippen LogP contribution in [-0.4, -0.2) is 52.6 Å². The normalized spacial score (nSPS) is 24.3. The first-order chi connectivity index (χ1) is 14.2. The number of likely N-dealkylation sites (tertiary alicyclic amines) is 1. The highest BCUT2D eigenvalue weighted by molar-refractivity contribution is 5.98. The quantitative estimate of drug-likeness (QED) is 0.713. The molecule has 0 saturated carbocycles. The molecule has 3 aromatic rings. The Morgan fingerprint density at radius 3 is 3.03 bits per heavy atom. The molecule has 6 heteroatoms. The second kappa shape index (κ2) is 7.52. The zero-order valence-electron chi connectivity index (χ0n) is 16.4. The van der Waals surface area contributed by atoms with Gasteiger partial charge in [0.15, 0.2) is 0 Å². The van der Waals surface area contributed by atoms with Crippen molar-refractivity contribution >= 4 is 22.6 Å². The predicted octanol–water partition coefficient (Wildman–Crippen LogP) is 3.69. The summed E-state index contributed by atoms with van der Waals surface area (Å²) in [6.45, 7) is 3.03. The summed E-state index contributed by atoms with van der Waals surface area (Å²) in [6, 6.07) is 15.8. The summed E-state index contributed by atoms with van der Waals surface area (Å²) < 4.78 is 6.29. The molecule has 0 bridgehead atoms. The van der Waals surface area contributed by atoms with E-state index in [9.17, 15) is 4.79 Å². The Hall–Kier alpha value is -2.86. The van der Waals surface area contributed by atoms with E-state index in [2.05, 4.69) is 15.3 Å². The van der Waals surface area contributed by atoms with E-state index in [0.717, 1.165) is 55.7 Å². The molecule has 4 heterocycles. The van der Waals surface area contributed by atoms with Crippen LogP contribution in [0.5, 0.6) is 0 Å². The van der Waals surface area contributed by atoms with Crippen LogP contribution in [0, 0.1) is 5.92 Å². The standard InChI is InChI=1S/C23H26N4O2/c28-22(20-12-18-6-1-2-7-19(18)26-20)27-11-5-9-23(16-27)13-17(15-29-23)14-25-21-8-3-4-10-24-21/h1-4,6-8,10,12,17,26H,5,9,11,13-16H2,(H,24,25). The summed E-state index contributed by atoms with van der Waals surface area (Å²) >= 11 is 0. The number of benzene rings is 1. The smallest absolute Gasteiger partial charge is 0.270 e. The largest absolute Gasteiger partial charge is 0.373 e. The lowest BCUT2D eigenvalue weighted by Crippen LogP contribution is -2.50. The first-order valence-corrected chi connectivity index (χ1v) is 10.4. The molecule has 0 aliphatic carbocycles. The summed E-state index contributed by atoms with van der Waals surface area (Å²) in [5, 5.41) is 4.48. The van der Waals surface area contributed by atoms with Gasteiger partial charge in [0.2, 0.25) is 0 Å². The van der Waals surface area contributed by atoms with E-state index >= 15 is 0 Å². The number of amides is 1. The number of pyridine rings is 1. The van der Waals surface area contributed by atoms with Gasteiger partial charge in [0, 0.05) is 36.1 Å². The molecule has 150 valence electrons. The molecular weight excluding hydrogens is 364 g/mol. The minimum Gasteiger partial charge on any atom is -0.373 e. The lowest BCUT2D eigenvalue weighted by molar-refractivity contribution is -0.0450. The van der Waals surface area contributed by atoms with Crippen LogP contribution in [0.3, 0.4) is 0 Å². The lowest BCUT2D eigenvalue weighted by atomic mass is 9.86. The Morgan fingerprint density at radius 2 is 2.17 bits per heavy atom. The third kappa shape index (κ3) is 3.72. The molecule has 0 radical (unpaired) electrons. The molecule has 29 heavy (non-hydrogen) atoms. The second-order valence-corrected chi connectivity index (χ2v) is 8.26.